The largest absolute Gasteiger partial charge is 1.00 e. The zero-order valence-corrected chi connectivity index (χ0v) is 16.6. The minimum Gasteiger partial charge on any atom is -1.00 e. The Bertz CT molecular complexity index is 673. The maximum absolute atomic E-state index is 11.4. The van der Waals surface area contributed by atoms with Crippen LogP contribution in [0.1, 0.15) is 38.0 Å². The van der Waals surface area contributed by atoms with Gasteiger partial charge in [0.15, 0.2) is 6.29 Å². The molecule has 0 aliphatic heterocycles. The Labute approximate surface area is 169 Å². The van der Waals surface area contributed by atoms with Crippen LogP contribution in [-0.4, -0.2) is 20.0 Å². The normalized spacial score (nSPS) is 11.5. The van der Waals surface area contributed by atoms with Crippen molar-refractivity contribution in [2.75, 3.05) is 13.7 Å². The number of ether oxygens (including phenoxy) is 1. The molecule has 0 N–H and O–H groups in total. The SMILES string of the molecule is CCCCCOP(c1ccccc1)c1cc(Cl)c(OC)c(C=O)c1.[H-].[Li+]. The van der Waals surface area contributed by atoms with Gasteiger partial charge in [-0.3, -0.25) is 4.79 Å². The van der Waals surface area contributed by atoms with Gasteiger partial charge < -0.3 is 10.7 Å². The molecule has 0 aromatic heterocycles. The van der Waals surface area contributed by atoms with Crippen molar-refractivity contribution in [3.8, 4) is 5.75 Å². The van der Waals surface area contributed by atoms with Crippen LogP contribution in [0.25, 0.3) is 0 Å². The second-order valence-electron chi connectivity index (χ2n) is 5.34. The van der Waals surface area contributed by atoms with Gasteiger partial charge in [-0.2, -0.15) is 0 Å². The van der Waals surface area contributed by atoms with E-state index in [9.17, 15) is 4.79 Å². The van der Waals surface area contributed by atoms with Crippen LogP contribution >= 0.6 is 19.7 Å². The van der Waals surface area contributed by atoms with Gasteiger partial charge in [-0.1, -0.05) is 61.7 Å². The van der Waals surface area contributed by atoms with Crippen molar-refractivity contribution in [1.29, 1.82) is 0 Å². The minimum absolute atomic E-state index is 0. The Morgan fingerprint density at radius 2 is 1.88 bits per heavy atom. The Morgan fingerprint density at radius 1 is 1.16 bits per heavy atom. The zero-order chi connectivity index (χ0) is 17.4. The molecule has 0 radical (unpaired) electrons. The maximum atomic E-state index is 11.4. The van der Waals surface area contributed by atoms with E-state index in [1.54, 1.807) is 0 Å². The van der Waals surface area contributed by atoms with E-state index in [2.05, 4.69) is 6.92 Å². The number of hydrogen-bond acceptors (Lipinski definition) is 3. The van der Waals surface area contributed by atoms with Crippen molar-refractivity contribution in [2.24, 2.45) is 0 Å². The second-order valence-corrected chi connectivity index (χ2v) is 7.63. The summed E-state index contributed by atoms with van der Waals surface area (Å²) >= 11 is 6.30. The number of carbonyl (C=O) groups excluding carboxylic acids is 1. The van der Waals surface area contributed by atoms with E-state index in [1.807, 2.05) is 42.5 Å². The molecule has 2 aromatic carbocycles. The fraction of sp³-hybridized carbons (Fsp3) is 0.316. The minimum atomic E-state index is -1.02. The fourth-order valence-electron chi connectivity index (χ4n) is 2.39. The van der Waals surface area contributed by atoms with Crippen LogP contribution < -0.4 is 34.2 Å². The summed E-state index contributed by atoms with van der Waals surface area (Å²) in [6, 6.07) is 13.7. The molecule has 1 unspecified atom stereocenters. The van der Waals surface area contributed by atoms with Gasteiger partial charge in [-0.05, 0) is 18.6 Å². The first-order valence-electron chi connectivity index (χ1n) is 8.02. The topological polar surface area (TPSA) is 35.5 Å². The average molecular weight is 373 g/mol. The summed E-state index contributed by atoms with van der Waals surface area (Å²) in [4.78, 5) is 11.4. The number of carbonyl (C=O) groups is 1. The number of aldehydes is 1. The number of rotatable bonds is 9. The van der Waals surface area contributed by atoms with Crippen molar-refractivity contribution in [1.82, 2.24) is 0 Å². The van der Waals surface area contributed by atoms with E-state index < -0.39 is 8.15 Å². The van der Waals surface area contributed by atoms with E-state index in [4.69, 9.17) is 20.9 Å². The molecule has 2 aromatic rings. The van der Waals surface area contributed by atoms with Crippen LogP contribution in [0.4, 0.5) is 0 Å². The quantitative estimate of drug-likeness (QED) is 0.291. The summed E-state index contributed by atoms with van der Waals surface area (Å²) in [5.41, 5.74) is 0.445. The maximum Gasteiger partial charge on any atom is 1.00 e. The van der Waals surface area contributed by atoms with Crippen LogP contribution in [-0.2, 0) is 4.52 Å². The summed E-state index contributed by atoms with van der Waals surface area (Å²) < 4.78 is 11.4. The van der Waals surface area contributed by atoms with Crippen LogP contribution in [0, 0.1) is 0 Å². The van der Waals surface area contributed by atoms with Crippen molar-refractivity contribution < 1.29 is 34.3 Å². The predicted octanol–water partition coefficient (Wildman–Crippen LogP) is 1.83. The summed E-state index contributed by atoms with van der Waals surface area (Å²) in [7, 11) is 0.487. The number of methoxy groups -OCH3 is 1. The first-order valence-corrected chi connectivity index (χ1v) is 9.65. The Hall–Kier alpha value is -0.813. The summed E-state index contributed by atoms with van der Waals surface area (Å²) in [6.07, 6.45) is 4.08. The van der Waals surface area contributed by atoms with Crippen molar-refractivity contribution in [3.63, 3.8) is 0 Å². The molecular formula is C19H23ClLiO3P. The molecule has 3 nitrogen and oxygen atoms in total. The molecule has 0 aliphatic carbocycles. The molecule has 0 spiro atoms. The van der Waals surface area contributed by atoms with Crippen molar-refractivity contribution in [3.05, 3.63) is 53.1 Å². The second kappa shape index (κ2) is 11.7. The Kier molecular flexibility index (Phi) is 10.4. The third-order valence-electron chi connectivity index (χ3n) is 3.58. The van der Waals surface area contributed by atoms with E-state index in [1.165, 1.54) is 7.11 Å². The van der Waals surface area contributed by atoms with Crippen molar-refractivity contribution in [2.45, 2.75) is 26.2 Å². The molecule has 1 atom stereocenters. The molecule has 0 saturated heterocycles. The molecule has 0 heterocycles. The summed E-state index contributed by atoms with van der Waals surface area (Å²) in [5, 5.41) is 2.44. The molecule has 25 heavy (non-hydrogen) atoms. The van der Waals surface area contributed by atoms with Gasteiger partial charge in [-0.25, -0.2) is 0 Å². The summed E-state index contributed by atoms with van der Waals surface area (Å²) in [6.45, 7) is 2.86. The van der Waals surface area contributed by atoms with Gasteiger partial charge >= 0.3 is 18.9 Å². The monoisotopic (exact) mass is 372 g/mol. The average Bonchev–Trinajstić information content (AvgIpc) is 2.61. The number of hydrogen-bond donors (Lipinski definition) is 0. The summed E-state index contributed by atoms with van der Waals surface area (Å²) in [5.74, 6) is 0.407. The van der Waals surface area contributed by atoms with E-state index in [0.29, 0.717) is 22.9 Å². The van der Waals surface area contributed by atoms with Crippen LogP contribution in [0.3, 0.4) is 0 Å². The van der Waals surface area contributed by atoms with Crippen LogP contribution in [0.5, 0.6) is 5.75 Å². The third kappa shape index (κ3) is 6.14. The molecule has 0 aliphatic rings. The van der Waals surface area contributed by atoms with Gasteiger partial charge in [-0.15, -0.1) is 0 Å². The first-order chi connectivity index (χ1) is 11.7. The Balaban J connectivity index is 0.00000312. The van der Waals surface area contributed by atoms with E-state index >= 15 is 0 Å². The molecule has 0 saturated carbocycles. The first kappa shape index (κ1) is 22.2. The number of benzene rings is 2. The predicted molar refractivity (Wildman–Crippen MR) is 103 cm³/mol. The Morgan fingerprint density at radius 3 is 2.48 bits per heavy atom. The van der Waals surface area contributed by atoms with Crippen LogP contribution in [0.15, 0.2) is 42.5 Å². The van der Waals surface area contributed by atoms with Gasteiger partial charge in [0, 0.05) is 10.6 Å². The van der Waals surface area contributed by atoms with Gasteiger partial charge in [0.2, 0.25) is 0 Å². The van der Waals surface area contributed by atoms with Gasteiger partial charge in [0.05, 0.1) is 32.5 Å². The fourth-order valence-corrected chi connectivity index (χ4v) is 4.62. The molecular weight excluding hydrogens is 350 g/mol. The van der Waals surface area contributed by atoms with Crippen molar-refractivity contribution >= 4 is 36.6 Å². The molecule has 0 fully saturated rings. The molecule has 0 amide bonds. The third-order valence-corrected chi connectivity index (χ3v) is 5.80. The van der Waals surface area contributed by atoms with E-state index in [0.717, 1.165) is 36.2 Å². The molecule has 130 valence electrons. The number of unbranched alkanes of at least 4 members (excludes halogenated alkanes) is 2. The standard InChI is InChI=1S/C19H22ClO3P.Li.H/c1-3-4-8-11-23-24(16-9-6-5-7-10-16)17-12-15(14-21)19(22-2)18(20)13-17;;/h5-7,9-10,12-14H,3-4,8,11H2,1-2H3;;/q;+1;-1. The van der Waals surface area contributed by atoms with Gasteiger partial charge in [0.1, 0.15) is 5.75 Å². The molecule has 0 bridgehead atoms. The van der Waals surface area contributed by atoms with Gasteiger partial charge in [0.25, 0.3) is 0 Å². The molecule has 2 rings (SSSR count). The number of halogens is 1. The van der Waals surface area contributed by atoms with E-state index in [-0.39, 0.29) is 20.3 Å². The smallest absolute Gasteiger partial charge is 1.00 e. The molecule has 6 heteroatoms. The zero-order valence-electron chi connectivity index (χ0n) is 16.0. The van der Waals surface area contributed by atoms with Crippen LogP contribution in [0.2, 0.25) is 5.02 Å².